The molecule has 2 aromatic rings. The molecule has 0 fully saturated rings. The molecule has 0 aliphatic rings. The van der Waals surface area contributed by atoms with Crippen LogP contribution in [0.1, 0.15) is 16.8 Å². The molecule has 0 unspecified atom stereocenters. The summed E-state index contributed by atoms with van der Waals surface area (Å²) in [5.74, 6) is -0.176. The molecule has 4 nitrogen and oxygen atoms in total. The van der Waals surface area contributed by atoms with Crippen LogP contribution in [0.25, 0.3) is 0 Å². The van der Waals surface area contributed by atoms with E-state index in [1.165, 1.54) is 11.6 Å². The first kappa shape index (κ1) is 12.7. The summed E-state index contributed by atoms with van der Waals surface area (Å²) in [6.07, 6.45) is 2.63. The minimum atomic E-state index is -0.176. The summed E-state index contributed by atoms with van der Waals surface area (Å²) in [5.41, 5.74) is 3.22. The van der Waals surface area contributed by atoms with Gasteiger partial charge in [-0.3, -0.25) is 4.68 Å². The van der Waals surface area contributed by atoms with E-state index in [1.807, 2.05) is 20.0 Å². The van der Waals surface area contributed by atoms with Gasteiger partial charge in [0.25, 0.3) is 0 Å². The number of aromatic nitrogens is 3. The second-order valence-corrected chi connectivity index (χ2v) is 4.35. The number of nitrogens with zero attached hydrogens (tertiary/aromatic N) is 3. The van der Waals surface area contributed by atoms with Gasteiger partial charge in [0.2, 0.25) is 0 Å². The van der Waals surface area contributed by atoms with E-state index in [1.54, 1.807) is 16.9 Å². The summed E-state index contributed by atoms with van der Waals surface area (Å²) in [4.78, 5) is 0. The Morgan fingerprint density at radius 1 is 1.39 bits per heavy atom. The molecule has 5 heteroatoms. The molecule has 1 aromatic carbocycles. The van der Waals surface area contributed by atoms with Crippen LogP contribution < -0.4 is 5.32 Å². The van der Waals surface area contributed by atoms with E-state index in [9.17, 15) is 4.39 Å². The van der Waals surface area contributed by atoms with Gasteiger partial charge in [-0.2, -0.15) is 0 Å². The number of halogens is 1. The van der Waals surface area contributed by atoms with E-state index in [4.69, 9.17) is 0 Å². The largest absolute Gasteiger partial charge is 0.311 e. The zero-order chi connectivity index (χ0) is 13.0. The first-order chi connectivity index (χ1) is 8.66. The van der Waals surface area contributed by atoms with Crippen LogP contribution in [-0.2, 0) is 20.0 Å². The molecule has 1 N–H and O–H groups in total. The molecule has 18 heavy (non-hydrogen) atoms. The molecule has 0 spiro atoms. The Bertz CT molecular complexity index is 521. The van der Waals surface area contributed by atoms with Crippen molar-refractivity contribution in [3.05, 3.63) is 47.0 Å². The molecule has 0 amide bonds. The van der Waals surface area contributed by atoms with Gasteiger partial charge in [0.05, 0.1) is 11.9 Å². The Morgan fingerprint density at radius 3 is 2.89 bits per heavy atom. The Hall–Kier alpha value is -1.75. The molecule has 96 valence electrons. The fraction of sp³-hybridized carbons (Fsp3) is 0.385. The average Bonchev–Trinajstić information content (AvgIpc) is 2.73. The molecule has 0 bridgehead atoms. The maximum Gasteiger partial charge on any atom is 0.123 e. The highest BCUT2D eigenvalue weighted by Gasteiger charge is 2.01. The molecule has 2 rings (SSSR count). The van der Waals surface area contributed by atoms with Crippen molar-refractivity contribution >= 4 is 0 Å². The summed E-state index contributed by atoms with van der Waals surface area (Å²) < 4.78 is 14.7. The Balaban J connectivity index is 1.80. The molecule has 1 aromatic heterocycles. The predicted molar refractivity (Wildman–Crippen MR) is 67.6 cm³/mol. The van der Waals surface area contributed by atoms with E-state index < -0.39 is 0 Å². The summed E-state index contributed by atoms with van der Waals surface area (Å²) in [5, 5.41) is 11.0. The van der Waals surface area contributed by atoms with Crippen LogP contribution in [0.15, 0.2) is 24.4 Å². The zero-order valence-corrected chi connectivity index (χ0v) is 10.7. The van der Waals surface area contributed by atoms with Gasteiger partial charge >= 0.3 is 0 Å². The van der Waals surface area contributed by atoms with E-state index in [-0.39, 0.29) is 5.82 Å². The lowest BCUT2D eigenvalue weighted by molar-refractivity contribution is 0.613. The van der Waals surface area contributed by atoms with Crippen LogP contribution in [-0.4, -0.2) is 21.5 Å². The number of rotatable bonds is 5. The molecule has 0 aliphatic heterocycles. The second kappa shape index (κ2) is 5.73. The van der Waals surface area contributed by atoms with Crippen molar-refractivity contribution < 1.29 is 4.39 Å². The summed E-state index contributed by atoms with van der Waals surface area (Å²) in [6, 6.07) is 4.92. The van der Waals surface area contributed by atoms with Crippen LogP contribution in [0.3, 0.4) is 0 Å². The highest BCUT2D eigenvalue weighted by atomic mass is 19.1. The normalized spacial score (nSPS) is 10.8. The highest BCUT2D eigenvalue weighted by Crippen LogP contribution is 2.10. The van der Waals surface area contributed by atoms with Gasteiger partial charge in [-0.1, -0.05) is 11.3 Å². The minimum Gasteiger partial charge on any atom is -0.311 e. The van der Waals surface area contributed by atoms with Crippen molar-refractivity contribution in [3.8, 4) is 0 Å². The van der Waals surface area contributed by atoms with E-state index in [0.717, 1.165) is 30.8 Å². The van der Waals surface area contributed by atoms with Gasteiger partial charge in [0, 0.05) is 13.6 Å². The first-order valence-electron chi connectivity index (χ1n) is 5.96. The monoisotopic (exact) mass is 248 g/mol. The van der Waals surface area contributed by atoms with Gasteiger partial charge in [-0.05, 0) is 43.1 Å². The number of hydrogen-bond acceptors (Lipinski definition) is 3. The van der Waals surface area contributed by atoms with Crippen LogP contribution in [0.5, 0.6) is 0 Å². The Labute approximate surface area is 106 Å². The van der Waals surface area contributed by atoms with Crippen molar-refractivity contribution in [2.45, 2.75) is 19.9 Å². The van der Waals surface area contributed by atoms with Crippen LogP contribution in [0.4, 0.5) is 4.39 Å². The van der Waals surface area contributed by atoms with Gasteiger partial charge in [-0.15, -0.1) is 5.10 Å². The molecule has 0 saturated heterocycles. The van der Waals surface area contributed by atoms with E-state index >= 15 is 0 Å². The van der Waals surface area contributed by atoms with Crippen molar-refractivity contribution in [1.82, 2.24) is 20.3 Å². The highest BCUT2D eigenvalue weighted by molar-refractivity contribution is 5.26. The van der Waals surface area contributed by atoms with Gasteiger partial charge in [0.15, 0.2) is 0 Å². The third-order valence-electron chi connectivity index (χ3n) is 2.99. The molecule has 0 aliphatic carbocycles. The summed E-state index contributed by atoms with van der Waals surface area (Å²) in [7, 11) is 1.87. The van der Waals surface area contributed by atoms with Crippen molar-refractivity contribution in [2.24, 2.45) is 7.05 Å². The standard InChI is InChI=1S/C13H17FN4/c1-10-7-12(14)4-3-11(10)5-6-15-8-13-9-16-17-18(13)2/h3-4,7,9,15H,5-6,8H2,1-2H3. The molecule has 1 heterocycles. The summed E-state index contributed by atoms with van der Waals surface area (Å²) in [6.45, 7) is 3.52. The Kier molecular flexibility index (Phi) is 4.04. The second-order valence-electron chi connectivity index (χ2n) is 4.35. The first-order valence-corrected chi connectivity index (χ1v) is 5.96. The lowest BCUT2D eigenvalue weighted by Crippen LogP contribution is -2.18. The van der Waals surface area contributed by atoms with E-state index in [2.05, 4.69) is 15.6 Å². The minimum absolute atomic E-state index is 0.176. The van der Waals surface area contributed by atoms with Gasteiger partial charge in [0.1, 0.15) is 5.82 Å². The molecular formula is C13H17FN4. The lowest BCUT2D eigenvalue weighted by atomic mass is 10.1. The zero-order valence-electron chi connectivity index (χ0n) is 10.7. The third-order valence-corrected chi connectivity index (χ3v) is 2.99. The van der Waals surface area contributed by atoms with Crippen molar-refractivity contribution in [2.75, 3.05) is 6.54 Å². The van der Waals surface area contributed by atoms with Crippen LogP contribution >= 0.6 is 0 Å². The van der Waals surface area contributed by atoms with Crippen LogP contribution in [0, 0.1) is 12.7 Å². The lowest BCUT2D eigenvalue weighted by Gasteiger charge is -2.07. The maximum atomic E-state index is 12.9. The van der Waals surface area contributed by atoms with Crippen molar-refractivity contribution in [1.29, 1.82) is 0 Å². The maximum absolute atomic E-state index is 12.9. The molecular weight excluding hydrogens is 231 g/mol. The number of benzene rings is 1. The van der Waals surface area contributed by atoms with E-state index in [0.29, 0.717) is 0 Å². The number of hydrogen-bond donors (Lipinski definition) is 1. The van der Waals surface area contributed by atoms with Gasteiger partial charge in [-0.25, -0.2) is 4.39 Å². The number of nitrogens with one attached hydrogen (secondary N) is 1. The quantitative estimate of drug-likeness (QED) is 0.817. The average molecular weight is 248 g/mol. The van der Waals surface area contributed by atoms with Crippen molar-refractivity contribution in [3.63, 3.8) is 0 Å². The predicted octanol–water partition coefficient (Wildman–Crippen LogP) is 1.59. The smallest absolute Gasteiger partial charge is 0.123 e. The molecule has 0 saturated carbocycles. The SMILES string of the molecule is Cc1cc(F)ccc1CCNCc1cnnn1C. The topological polar surface area (TPSA) is 42.7 Å². The van der Waals surface area contributed by atoms with Gasteiger partial charge < -0.3 is 5.32 Å². The fourth-order valence-electron chi connectivity index (χ4n) is 1.85. The Morgan fingerprint density at radius 2 is 2.22 bits per heavy atom. The summed E-state index contributed by atoms with van der Waals surface area (Å²) >= 11 is 0. The third kappa shape index (κ3) is 3.13. The fourth-order valence-corrected chi connectivity index (χ4v) is 1.85. The molecule has 0 atom stereocenters. The molecule has 0 radical (unpaired) electrons. The number of aryl methyl sites for hydroxylation is 2. The van der Waals surface area contributed by atoms with Crippen LogP contribution in [0.2, 0.25) is 0 Å².